The molecule has 0 N–H and O–H groups in total. The Morgan fingerprint density at radius 1 is 0.929 bits per heavy atom. The summed E-state index contributed by atoms with van der Waals surface area (Å²) in [5, 5.41) is 0. The Morgan fingerprint density at radius 2 is 1.54 bits per heavy atom. The molecule has 0 bridgehead atoms. The number of nitrogens with zero attached hydrogens (tertiary/aromatic N) is 2. The van der Waals surface area contributed by atoms with E-state index in [1.165, 1.54) is 33.5 Å². The van der Waals surface area contributed by atoms with Gasteiger partial charge in [0.2, 0.25) is 10.0 Å². The number of ether oxygens (including phenoxy) is 1. The van der Waals surface area contributed by atoms with Gasteiger partial charge < -0.3 is 9.64 Å². The van der Waals surface area contributed by atoms with Gasteiger partial charge in [-0.3, -0.25) is 4.79 Å². The molecule has 0 saturated carbocycles. The smallest absolute Gasteiger partial charge is 0.338 e. The average Bonchev–Trinajstić information content (AvgIpc) is 2.73. The highest BCUT2D eigenvalue weighted by molar-refractivity contribution is 7.89. The van der Waals surface area contributed by atoms with Gasteiger partial charge in [-0.05, 0) is 36.4 Å². The first-order valence-corrected chi connectivity index (χ1v) is 10.1. The van der Waals surface area contributed by atoms with Crippen LogP contribution in [0.15, 0.2) is 59.5 Å². The number of piperazine rings is 1. The van der Waals surface area contributed by atoms with Crippen LogP contribution in [0, 0.1) is 5.82 Å². The molecule has 28 heavy (non-hydrogen) atoms. The lowest BCUT2D eigenvalue weighted by Crippen LogP contribution is -2.51. The van der Waals surface area contributed by atoms with E-state index in [9.17, 15) is 22.4 Å². The SMILES string of the molecule is O=C(OCC(=O)N1CCN(S(=O)(=O)c2ccccc2)CC1)c1ccc(F)cc1. The van der Waals surface area contributed by atoms with Crippen molar-refractivity contribution in [2.24, 2.45) is 0 Å². The normalized spacial score (nSPS) is 15.2. The fraction of sp³-hybridized carbons (Fsp3) is 0.263. The van der Waals surface area contributed by atoms with Gasteiger partial charge in [0, 0.05) is 26.2 Å². The van der Waals surface area contributed by atoms with Crippen molar-refractivity contribution in [2.75, 3.05) is 32.8 Å². The van der Waals surface area contributed by atoms with Gasteiger partial charge in [-0.2, -0.15) is 4.31 Å². The Bertz CT molecular complexity index is 940. The molecule has 0 aromatic heterocycles. The summed E-state index contributed by atoms with van der Waals surface area (Å²) in [4.78, 5) is 25.8. The summed E-state index contributed by atoms with van der Waals surface area (Å²) in [5.41, 5.74) is 0.146. The largest absolute Gasteiger partial charge is 0.452 e. The lowest BCUT2D eigenvalue weighted by atomic mass is 10.2. The number of sulfonamides is 1. The van der Waals surface area contributed by atoms with Crippen LogP contribution in [-0.2, 0) is 19.6 Å². The molecule has 1 aliphatic heterocycles. The van der Waals surface area contributed by atoms with Crippen LogP contribution in [0.5, 0.6) is 0 Å². The maximum Gasteiger partial charge on any atom is 0.338 e. The lowest BCUT2D eigenvalue weighted by molar-refractivity contribution is -0.135. The molecule has 7 nitrogen and oxygen atoms in total. The van der Waals surface area contributed by atoms with E-state index >= 15 is 0 Å². The predicted octanol–water partition coefficient (Wildman–Crippen LogP) is 1.52. The van der Waals surface area contributed by atoms with E-state index in [0.717, 1.165) is 12.1 Å². The van der Waals surface area contributed by atoms with Gasteiger partial charge in [-0.15, -0.1) is 0 Å². The molecule has 0 spiro atoms. The van der Waals surface area contributed by atoms with Crippen molar-refractivity contribution >= 4 is 21.9 Å². The molecule has 1 fully saturated rings. The van der Waals surface area contributed by atoms with E-state index in [1.807, 2.05) is 0 Å². The van der Waals surface area contributed by atoms with Crippen molar-refractivity contribution in [3.05, 3.63) is 66.0 Å². The second kappa shape index (κ2) is 8.49. The maximum atomic E-state index is 12.9. The predicted molar refractivity (Wildman–Crippen MR) is 98.5 cm³/mol. The van der Waals surface area contributed by atoms with Crippen LogP contribution in [0.1, 0.15) is 10.4 Å². The molecule has 3 rings (SSSR count). The van der Waals surface area contributed by atoms with Gasteiger partial charge in [0.15, 0.2) is 6.61 Å². The lowest BCUT2D eigenvalue weighted by Gasteiger charge is -2.33. The summed E-state index contributed by atoms with van der Waals surface area (Å²) in [6, 6.07) is 12.9. The number of halogens is 1. The standard InChI is InChI=1S/C19H19FN2O5S/c20-16-8-6-15(7-9-16)19(24)27-14-18(23)21-10-12-22(13-11-21)28(25,26)17-4-2-1-3-5-17/h1-9H,10-14H2. The van der Waals surface area contributed by atoms with E-state index in [2.05, 4.69) is 0 Å². The molecule has 0 atom stereocenters. The van der Waals surface area contributed by atoms with Crippen molar-refractivity contribution in [2.45, 2.75) is 4.90 Å². The molecule has 148 valence electrons. The maximum absolute atomic E-state index is 12.9. The van der Waals surface area contributed by atoms with Gasteiger partial charge in [-0.1, -0.05) is 18.2 Å². The Morgan fingerprint density at radius 3 is 2.14 bits per heavy atom. The molecule has 1 saturated heterocycles. The molecule has 0 aliphatic carbocycles. The second-order valence-corrected chi connectivity index (χ2v) is 8.12. The van der Waals surface area contributed by atoms with Gasteiger partial charge >= 0.3 is 5.97 Å². The summed E-state index contributed by atoms with van der Waals surface area (Å²) in [7, 11) is -3.60. The van der Waals surface area contributed by atoms with E-state index < -0.39 is 34.3 Å². The quantitative estimate of drug-likeness (QED) is 0.703. The molecule has 2 aromatic rings. The van der Waals surface area contributed by atoms with Crippen molar-refractivity contribution < 1.29 is 27.1 Å². The number of hydrogen-bond acceptors (Lipinski definition) is 5. The van der Waals surface area contributed by atoms with Crippen molar-refractivity contribution in [3.8, 4) is 0 Å². The Balaban J connectivity index is 1.51. The van der Waals surface area contributed by atoms with E-state index in [0.29, 0.717) is 0 Å². The van der Waals surface area contributed by atoms with E-state index in [4.69, 9.17) is 4.74 Å². The molecule has 0 radical (unpaired) electrons. The minimum absolute atomic E-state index is 0.146. The first kappa shape index (κ1) is 20.0. The number of carbonyl (C=O) groups is 2. The van der Waals surface area contributed by atoms with Crippen LogP contribution >= 0.6 is 0 Å². The van der Waals surface area contributed by atoms with Crippen molar-refractivity contribution in [1.29, 1.82) is 0 Å². The molecule has 1 heterocycles. The molecular formula is C19H19FN2O5S. The zero-order chi connectivity index (χ0) is 20.1. The first-order valence-electron chi connectivity index (χ1n) is 8.63. The highest BCUT2D eigenvalue weighted by atomic mass is 32.2. The third kappa shape index (κ3) is 4.55. The Hall–Kier alpha value is -2.78. The van der Waals surface area contributed by atoms with Gasteiger partial charge in [0.25, 0.3) is 5.91 Å². The second-order valence-electron chi connectivity index (χ2n) is 6.18. The summed E-state index contributed by atoms with van der Waals surface area (Å²) in [6.45, 7) is 0.281. The molecule has 1 aliphatic rings. The van der Waals surface area contributed by atoms with Gasteiger partial charge in [0.05, 0.1) is 10.5 Å². The summed E-state index contributed by atoms with van der Waals surface area (Å²) in [5.74, 6) is -1.61. The van der Waals surface area contributed by atoms with Crippen molar-refractivity contribution in [1.82, 2.24) is 9.21 Å². The molecule has 2 aromatic carbocycles. The number of amides is 1. The van der Waals surface area contributed by atoms with Crippen LogP contribution in [-0.4, -0.2) is 62.3 Å². The molecule has 9 heteroatoms. The van der Waals surface area contributed by atoms with Crippen LogP contribution < -0.4 is 0 Å². The number of rotatable bonds is 5. The monoisotopic (exact) mass is 406 g/mol. The van der Waals surface area contributed by atoms with Crippen LogP contribution in [0.3, 0.4) is 0 Å². The summed E-state index contributed by atoms with van der Waals surface area (Å²) >= 11 is 0. The minimum atomic E-state index is -3.60. The molecule has 0 unspecified atom stereocenters. The highest BCUT2D eigenvalue weighted by Gasteiger charge is 2.30. The number of carbonyl (C=O) groups excluding carboxylic acids is 2. The zero-order valence-corrected chi connectivity index (χ0v) is 15.8. The minimum Gasteiger partial charge on any atom is -0.452 e. The third-order valence-electron chi connectivity index (χ3n) is 4.38. The van der Waals surface area contributed by atoms with Crippen molar-refractivity contribution in [3.63, 3.8) is 0 Å². The number of benzene rings is 2. The highest BCUT2D eigenvalue weighted by Crippen LogP contribution is 2.17. The van der Waals surface area contributed by atoms with Crippen LogP contribution in [0.25, 0.3) is 0 Å². The number of hydrogen-bond donors (Lipinski definition) is 0. The van der Waals surface area contributed by atoms with Gasteiger partial charge in [-0.25, -0.2) is 17.6 Å². The van der Waals surface area contributed by atoms with Crippen LogP contribution in [0.2, 0.25) is 0 Å². The Labute approximate surface area is 162 Å². The topological polar surface area (TPSA) is 84.0 Å². The fourth-order valence-corrected chi connectivity index (χ4v) is 4.25. The first-order chi connectivity index (χ1) is 13.4. The number of esters is 1. The van der Waals surface area contributed by atoms with E-state index in [-0.39, 0.29) is 36.6 Å². The Kier molecular flexibility index (Phi) is 6.05. The zero-order valence-electron chi connectivity index (χ0n) is 15.0. The molecular weight excluding hydrogens is 387 g/mol. The van der Waals surface area contributed by atoms with Gasteiger partial charge in [0.1, 0.15) is 5.82 Å². The van der Waals surface area contributed by atoms with Crippen LogP contribution in [0.4, 0.5) is 4.39 Å². The average molecular weight is 406 g/mol. The summed E-state index contributed by atoms with van der Waals surface area (Å²) < 4.78 is 44.3. The molecule has 1 amide bonds. The third-order valence-corrected chi connectivity index (χ3v) is 6.29. The summed E-state index contributed by atoms with van der Waals surface area (Å²) in [6.07, 6.45) is 0. The fourth-order valence-electron chi connectivity index (χ4n) is 2.81. The van der Waals surface area contributed by atoms with E-state index in [1.54, 1.807) is 18.2 Å².